The number of rotatable bonds is 6. The minimum atomic E-state index is -0.0582. The van der Waals surface area contributed by atoms with Crippen LogP contribution in [0.4, 0.5) is 0 Å². The van der Waals surface area contributed by atoms with Gasteiger partial charge in [0.1, 0.15) is 0 Å². The van der Waals surface area contributed by atoms with Crippen LogP contribution in [0.2, 0.25) is 0 Å². The molecule has 0 aromatic heterocycles. The molecule has 0 heterocycles. The molecule has 0 aliphatic carbocycles. The van der Waals surface area contributed by atoms with Crippen LogP contribution < -0.4 is 11.1 Å². The number of halogens is 1. The topological polar surface area (TPSA) is 55.1 Å². The molecule has 3 nitrogen and oxygen atoms in total. The van der Waals surface area contributed by atoms with Gasteiger partial charge >= 0.3 is 0 Å². The third kappa shape index (κ3) is 4.10. The predicted octanol–water partition coefficient (Wildman–Crippen LogP) is 3.00. The van der Waals surface area contributed by atoms with Crippen LogP contribution in [0.5, 0.6) is 0 Å². The summed E-state index contributed by atoms with van der Waals surface area (Å²) in [7, 11) is 0. The standard InChI is InChI=1S/C14H21BrN2O/c1-3-4-7-11(9-16)17-14(18)12-8-5-6-10(2)13(12)15/h5-6,8,11H,3-4,7,9,16H2,1-2H3,(H,17,18). The molecule has 1 aromatic carbocycles. The minimum absolute atomic E-state index is 0.0582. The molecule has 0 radical (unpaired) electrons. The molecule has 1 aromatic rings. The van der Waals surface area contributed by atoms with Crippen molar-refractivity contribution in [3.63, 3.8) is 0 Å². The van der Waals surface area contributed by atoms with Crippen molar-refractivity contribution in [1.82, 2.24) is 5.32 Å². The van der Waals surface area contributed by atoms with E-state index in [0.29, 0.717) is 12.1 Å². The average molecular weight is 313 g/mol. The number of hydrogen-bond donors (Lipinski definition) is 2. The summed E-state index contributed by atoms with van der Waals surface area (Å²) in [5.41, 5.74) is 7.41. The summed E-state index contributed by atoms with van der Waals surface area (Å²) in [6, 6.07) is 5.74. The molecule has 4 heteroatoms. The van der Waals surface area contributed by atoms with Gasteiger partial charge in [-0.25, -0.2) is 0 Å². The van der Waals surface area contributed by atoms with Crippen molar-refractivity contribution in [2.24, 2.45) is 5.73 Å². The highest BCUT2D eigenvalue weighted by Crippen LogP contribution is 2.21. The van der Waals surface area contributed by atoms with Crippen molar-refractivity contribution in [2.45, 2.75) is 39.2 Å². The molecule has 1 atom stereocenters. The van der Waals surface area contributed by atoms with Crippen LogP contribution >= 0.6 is 15.9 Å². The van der Waals surface area contributed by atoms with E-state index in [1.807, 2.05) is 25.1 Å². The number of hydrogen-bond acceptors (Lipinski definition) is 2. The third-order valence-electron chi connectivity index (χ3n) is 2.96. The van der Waals surface area contributed by atoms with Gasteiger partial charge in [-0.1, -0.05) is 31.9 Å². The first kappa shape index (κ1) is 15.2. The first-order chi connectivity index (χ1) is 8.60. The quantitative estimate of drug-likeness (QED) is 0.848. The summed E-state index contributed by atoms with van der Waals surface area (Å²) in [5, 5.41) is 2.99. The van der Waals surface area contributed by atoms with Crippen LogP contribution in [0.25, 0.3) is 0 Å². The molecule has 100 valence electrons. The largest absolute Gasteiger partial charge is 0.348 e. The molecule has 1 unspecified atom stereocenters. The molecule has 0 aliphatic heterocycles. The highest BCUT2D eigenvalue weighted by molar-refractivity contribution is 9.10. The van der Waals surface area contributed by atoms with Crippen LogP contribution in [0.1, 0.15) is 42.1 Å². The second-order valence-electron chi connectivity index (χ2n) is 4.48. The molecule has 0 saturated carbocycles. The van der Waals surface area contributed by atoms with Crippen LogP contribution in [0, 0.1) is 6.92 Å². The maximum Gasteiger partial charge on any atom is 0.252 e. The van der Waals surface area contributed by atoms with Crippen molar-refractivity contribution < 1.29 is 4.79 Å². The van der Waals surface area contributed by atoms with Gasteiger partial charge in [-0.05, 0) is 40.9 Å². The van der Waals surface area contributed by atoms with Gasteiger partial charge in [-0.2, -0.15) is 0 Å². The maximum atomic E-state index is 12.2. The van der Waals surface area contributed by atoms with Crippen molar-refractivity contribution in [2.75, 3.05) is 6.54 Å². The Labute approximate surface area is 117 Å². The number of aryl methyl sites for hydroxylation is 1. The fourth-order valence-corrected chi connectivity index (χ4v) is 2.23. The Morgan fingerprint density at radius 1 is 1.50 bits per heavy atom. The van der Waals surface area contributed by atoms with Crippen molar-refractivity contribution >= 4 is 21.8 Å². The summed E-state index contributed by atoms with van der Waals surface area (Å²) in [5.74, 6) is -0.0582. The Bertz CT molecular complexity index is 407. The first-order valence-corrected chi connectivity index (χ1v) is 7.15. The Balaban J connectivity index is 2.72. The number of carbonyl (C=O) groups excluding carboxylic acids is 1. The van der Waals surface area contributed by atoms with Gasteiger partial charge < -0.3 is 11.1 Å². The zero-order valence-electron chi connectivity index (χ0n) is 11.0. The number of amides is 1. The number of carbonyl (C=O) groups is 1. The molecular weight excluding hydrogens is 292 g/mol. The molecule has 0 saturated heterocycles. The lowest BCUT2D eigenvalue weighted by atomic mass is 10.1. The molecule has 3 N–H and O–H groups in total. The Hall–Kier alpha value is -0.870. The van der Waals surface area contributed by atoms with Crippen LogP contribution in [-0.4, -0.2) is 18.5 Å². The lowest BCUT2D eigenvalue weighted by Crippen LogP contribution is -2.40. The number of benzene rings is 1. The van der Waals surface area contributed by atoms with Crippen molar-refractivity contribution in [3.8, 4) is 0 Å². The molecular formula is C14H21BrN2O. The van der Waals surface area contributed by atoms with Crippen LogP contribution in [0.15, 0.2) is 22.7 Å². The number of nitrogens with two attached hydrogens (primary N) is 1. The summed E-state index contributed by atoms with van der Waals surface area (Å²) < 4.78 is 0.855. The van der Waals surface area contributed by atoms with Gasteiger partial charge in [0.2, 0.25) is 0 Å². The Morgan fingerprint density at radius 3 is 2.83 bits per heavy atom. The van der Waals surface area contributed by atoms with Gasteiger partial charge in [0.15, 0.2) is 0 Å². The summed E-state index contributed by atoms with van der Waals surface area (Å²) in [4.78, 5) is 12.2. The van der Waals surface area contributed by atoms with Gasteiger partial charge in [-0.3, -0.25) is 4.79 Å². The molecule has 1 rings (SSSR count). The van der Waals surface area contributed by atoms with E-state index < -0.39 is 0 Å². The van der Waals surface area contributed by atoms with Crippen molar-refractivity contribution in [3.05, 3.63) is 33.8 Å². The molecule has 0 bridgehead atoms. The van der Waals surface area contributed by atoms with E-state index in [9.17, 15) is 4.79 Å². The average Bonchev–Trinajstić information content (AvgIpc) is 2.37. The second kappa shape index (κ2) is 7.54. The van der Waals surface area contributed by atoms with Gasteiger partial charge in [0, 0.05) is 17.1 Å². The van der Waals surface area contributed by atoms with Crippen LogP contribution in [-0.2, 0) is 0 Å². The predicted molar refractivity (Wildman–Crippen MR) is 78.7 cm³/mol. The molecule has 0 aliphatic rings. The smallest absolute Gasteiger partial charge is 0.252 e. The molecule has 0 fully saturated rings. The van der Waals surface area contributed by atoms with Crippen molar-refractivity contribution in [1.29, 1.82) is 0 Å². The monoisotopic (exact) mass is 312 g/mol. The minimum Gasteiger partial charge on any atom is -0.348 e. The second-order valence-corrected chi connectivity index (χ2v) is 5.28. The van der Waals surface area contributed by atoms with Gasteiger partial charge in [0.25, 0.3) is 5.91 Å². The lowest BCUT2D eigenvalue weighted by molar-refractivity contribution is 0.0935. The lowest BCUT2D eigenvalue weighted by Gasteiger charge is -2.17. The van der Waals surface area contributed by atoms with E-state index >= 15 is 0 Å². The van der Waals surface area contributed by atoms with Crippen LogP contribution in [0.3, 0.4) is 0 Å². The van der Waals surface area contributed by atoms with E-state index in [1.54, 1.807) is 0 Å². The highest BCUT2D eigenvalue weighted by atomic mass is 79.9. The molecule has 0 spiro atoms. The molecule has 18 heavy (non-hydrogen) atoms. The maximum absolute atomic E-state index is 12.2. The normalized spacial score (nSPS) is 12.2. The van der Waals surface area contributed by atoms with E-state index in [1.165, 1.54) is 0 Å². The zero-order valence-corrected chi connectivity index (χ0v) is 12.6. The van der Waals surface area contributed by atoms with E-state index in [0.717, 1.165) is 29.3 Å². The van der Waals surface area contributed by atoms with E-state index in [2.05, 4.69) is 28.2 Å². The summed E-state index contributed by atoms with van der Waals surface area (Å²) >= 11 is 3.45. The van der Waals surface area contributed by atoms with Gasteiger partial charge in [-0.15, -0.1) is 0 Å². The highest BCUT2D eigenvalue weighted by Gasteiger charge is 2.15. The summed E-state index contributed by atoms with van der Waals surface area (Å²) in [6.45, 7) is 4.58. The Morgan fingerprint density at radius 2 is 2.22 bits per heavy atom. The summed E-state index contributed by atoms with van der Waals surface area (Å²) in [6.07, 6.45) is 3.12. The number of unbranched alkanes of at least 4 members (excludes halogenated alkanes) is 1. The third-order valence-corrected chi connectivity index (χ3v) is 4.01. The zero-order chi connectivity index (χ0) is 13.5. The van der Waals surface area contributed by atoms with Gasteiger partial charge in [0.05, 0.1) is 5.56 Å². The molecule has 1 amide bonds. The van der Waals surface area contributed by atoms with E-state index in [4.69, 9.17) is 5.73 Å². The SMILES string of the molecule is CCCCC(CN)NC(=O)c1cccc(C)c1Br. The fourth-order valence-electron chi connectivity index (χ4n) is 1.79. The fraction of sp³-hybridized carbons (Fsp3) is 0.500. The Kier molecular flexibility index (Phi) is 6.36. The first-order valence-electron chi connectivity index (χ1n) is 6.36. The van der Waals surface area contributed by atoms with E-state index in [-0.39, 0.29) is 11.9 Å². The number of nitrogens with one attached hydrogen (secondary N) is 1.